The van der Waals surface area contributed by atoms with Gasteiger partial charge in [-0.1, -0.05) is 97.1 Å². The Morgan fingerprint density at radius 1 is 0.444 bits per heavy atom. The molecule has 2 nitrogen and oxygen atoms in total. The SMILES string of the molecule is CC1=C(C)N(c2c(C)cccc2C)P(P(c2ccccc2)c2ccccc2)N1c1c(C)cccc1C. The van der Waals surface area contributed by atoms with Gasteiger partial charge in [-0.15, -0.1) is 0 Å². The Labute approximate surface area is 218 Å². The average Bonchev–Trinajstić information content (AvgIpc) is 3.11. The third kappa shape index (κ3) is 4.28. The van der Waals surface area contributed by atoms with E-state index in [1.807, 2.05) is 0 Å². The molecule has 5 rings (SSSR count). The highest BCUT2D eigenvalue weighted by molar-refractivity contribution is 8.37. The highest BCUT2D eigenvalue weighted by atomic mass is 32.1. The van der Waals surface area contributed by atoms with Crippen LogP contribution in [0.3, 0.4) is 0 Å². The average molecular weight is 509 g/mol. The van der Waals surface area contributed by atoms with E-state index in [0.717, 1.165) is 0 Å². The number of benzene rings is 4. The van der Waals surface area contributed by atoms with Crippen LogP contribution in [-0.2, 0) is 0 Å². The van der Waals surface area contributed by atoms with Crippen LogP contribution in [0, 0.1) is 27.7 Å². The topological polar surface area (TPSA) is 6.48 Å². The van der Waals surface area contributed by atoms with Crippen LogP contribution < -0.4 is 19.9 Å². The fourth-order valence-electron chi connectivity index (χ4n) is 5.13. The fourth-order valence-corrected chi connectivity index (χ4v) is 13.6. The molecule has 0 saturated heterocycles. The largest absolute Gasteiger partial charge is 0.300 e. The van der Waals surface area contributed by atoms with Gasteiger partial charge in [-0.2, -0.15) is 0 Å². The lowest BCUT2D eigenvalue weighted by molar-refractivity contribution is 1.16. The van der Waals surface area contributed by atoms with Crippen LogP contribution in [-0.4, -0.2) is 0 Å². The first-order chi connectivity index (χ1) is 17.4. The predicted octanol–water partition coefficient (Wildman–Crippen LogP) is 8.86. The Morgan fingerprint density at radius 2 is 0.778 bits per heavy atom. The van der Waals surface area contributed by atoms with Crippen molar-refractivity contribution in [2.75, 3.05) is 9.34 Å². The Balaban J connectivity index is 1.84. The zero-order valence-corrected chi connectivity index (χ0v) is 23.8. The quantitative estimate of drug-likeness (QED) is 0.249. The number of hydrogen-bond acceptors (Lipinski definition) is 2. The molecule has 4 aromatic rings. The summed E-state index contributed by atoms with van der Waals surface area (Å²) in [5, 5.41) is 2.83. The number of aryl methyl sites for hydroxylation is 4. The minimum Gasteiger partial charge on any atom is -0.300 e. The van der Waals surface area contributed by atoms with Crippen LogP contribution in [0.15, 0.2) is 108 Å². The van der Waals surface area contributed by atoms with Gasteiger partial charge >= 0.3 is 0 Å². The molecule has 0 amide bonds. The van der Waals surface area contributed by atoms with Gasteiger partial charge in [-0.25, -0.2) is 0 Å². The second kappa shape index (κ2) is 10.2. The number of nitrogens with zero attached hydrogens (tertiary/aromatic N) is 2. The Morgan fingerprint density at radius 3 is 1.11 bits per heavy atom. The van der Waals surface area contributed by atoms with E-state index in [2.05, 4.69) is 148 Å². The minimum absolute atomic E-state index is 0.706. The predicted molar refractivity (Wildman–Crippen MR) is 161 cm³/mol. The van der Waals surface area contributed by atoms with Crippen LogP contribution in [0.2, 0.25) is 0 Å². The Hall–Kier alpha value is -2.92. The van der Waals surface area contributed by atoms with Crippen molar-refractivity contribution in [3.63, 3.8) is 0 Å². The molecule has 0 bridgehead atoms. The second-order valence-corrected chi connectivity index (χ2v) is 14.8. The zero-order valence-electron chi connectivity index (χ0n) is 22.0. The third-order valence-corrected chi connectivity index (χ3v) is 14.2. The number of allylic oxidation sites excluding steroid dienone is 2. The van der Waals surface area contributed by atoms with Crippen molar-refractivity contribution in [1.82, 2.24) is 0 Å². The van der Waals surface area contributed by atoms with Gasteiger partial charge in [0.15, 0.2) is 0 Å². The van der Waals surface area contributed by atoms with Crippen LogP contribution in [0.1, 0.15) is 36.1 Å². The van der Waals surface area contributed by atoms with Gasteiger partial charge < -0.3 is 9.34 Å². The highest BCUT2D eigenvalue weighted by Crippen LogP contribution is 2.77. The molecule has 36 heavy (non-hydrogen) atoms. The summed E-state index contributed by atoms with van der Waals surface area (Å²) in [4.78, 5) is 0. The molecule has 0 spiro atoms. The third-order valence-electron chi connectivity index (χ3n) is 7.00. The monoisotopic (exact) mass is 508 g/mol. The van der Waals surface area contributed by atoms with E-state index in [-0.39, 0.29) is 0 Å². The summed E-state index contributed by atoms with van der Waals surface area (Å²) in [5.74, 6) is 0. The van der Waals surface area contributed by atoms with Crippen molar-refractivity contribution in [2.24, 2.45) is 0 Å². The number of anilines is 2. The van der Waals surface area contributed by atoms with E-state index in [1.54, 1.807) is 0 Å². The highest BCUT2D eigenvalue weighted by Gasteiger charge is 2.44. The van der Waals surface area contributed by atoms with Crippen LogP contribution in [0.5, 0.6) is 0 Å². The molecule has 4 aromatic carbocycles. The maximum absolute atomic E-state index is 2.70. The maximum Gasteiger partial charge on any atom is 0.139 e. The van der Waals surface area contributed by atoms with Crippen LogP contribution >= 0.6 is 15.5 Å². The second-order valence-electron chi connectivity index (χ2n) is 9.53. The summed E-state index contributed by atoms with van der Waals surface area (Å²) >= 11 is 0. The number of hydrogen-bond donors (Lipinski definition) is 0. The standard InChI is InChI=1S/C32H34N2P2/c1-23-15-13-16-24(2)31(23)33-27(5)28(6)34(32-25(3)17-14-18-26(32)4)36(33)35(29-19-9-7-10-20-29)30-21-11-8-12-22-30/h7-22H,1-6H3. The van der Waals surface area contributed by atoms with E-state index in [4.69, 9.17) is 0 Å². The molecule has 1 heterocycles. The molecule has 0 N–H and O–H groups in total. The lowest BCUT2D eigenvalue weighted by atomic mass is 10.1. The van der Waals surface area contributed by atoms with Gasteiger partial charge in [0.25, 0.3) is 0 Å². The van der Waals surface area contributed by atoms with Gasteiger partial charge in [-0.05, 0) is 74.4 Å². The van der Waals surface area contributed by atoms with E-state index in [1.165, 1.54) is 55.6 Å². The Bertz CT molecular complexity index is 1270. The first-order valence-electron chi connectivity index (χ1n) is 12.5. The fraction of sp³-hybridized carbons (Fsp3) is 0.188. The van der Waals surface area contributed by atoms with E-state index in [9.17, 15) is 0 Å². The summed E-state index contributed by atoms with van der Waals surface area (Å²) in [7, 11) is -1.53. The molecule has 182 valence electrons. The maximum atomic E-state index is 2.70. The first-order valence-corrected chi connectivity index (χ1v) is 15.8. The lowest BCUT2D eigenvalue weighted by Gasteiger charge is -2.41. The van der Waals surface area contributed by atoms with Crippen molar-refractivity contribution in [1.29, 1.82) is 0 Å². The summed E-state index contributed by atoms with van der Waals surface area (Å²) in [6, 6.07) is 35.7. The van der Waals surface area contributed by atoms with Crippen molar-refractivity contribution >= 4 is 37.5 Å². The molecular formula is C32H34N2P2. The van der Waals surface area contributed by atoms with Crippen LogP contribution in [0.25, 0.3) is 0 Å². The van der Waals surface area contributed by atoms with Gasteiger partial charge in [0.05, 0.1) is 11.4 Å². The smallest absolute Gasteiger partial charge is 0.139 e. The summed E-state index contributed by atoms with van der Waals surface area (Å²) in [5.41, 5.74) is 10.7. The number of rotatable bonds is 5. The molecule has 0 atom stereocenters. The van der Waals surface area contributed by atoms with Crippen molar-refractivity contribution in [2.45, 2.75) is 41.5 Å². The van der Waals surface area contributed by atoms with E-state index < -0.39 is 15.5 Å². The first kappa shape index (κ1) is 24.8. The molecular weight excluding hydrogens is 474 g/mol. The zero-order chi connectivity index (χ0) is 25.4. The van der Waals surface area contributed by atoms with E-state index >= 15 is 0 Å². The normalized spacial score (nSPS) is 14.3. The van der Waals surface area contributed by atoms with Crippen LogP contribution in [0.4, 0.5) is 11.4 Å². The Kier molecular flexibility index (Phi) is 7.03. The molecule has 0 saturated carbocycles. The van der Waals surface area contributed by atoms with Gasteiger partial charge in [0, 0.05) is 19.0 Å². The van der Waals surface area contributed by atoms with Crippen molar-refractivity contribution < 1.29 is 0 Å². The molecule has 1 aliphatic rings. The molecule has 0 unspecified atom stereocenters. The minimum atomic E-state index is -0.827. The summed E-state index contributed by atoms with van der Waals surface area (Å²) in [6.45, 7) is 13.7. The van der Waals surface area contributed by atoms with Crippen molar-refractivity contribution in [3.05, 3.63) is 131 Å². The molecule has 0 fully saturated rings. The molecule has 0 radical (unpaired) electrons. The lowest BCUT2D eigenvalue weighted by Crippen LogP contribution is -2.24. The molecule has 0 aliphatic carbocycles. The van der Waals surface area contributed by atoms with Gasteiger partial charge in [-0.3, -0.25) is 0 Å². The summed E-state index contributed by atoms with van der Waals surface area (Å²) < 4.78 is 5.40. The molecule has 0 aromatic heterocycles. The van der Waals surface area contributed by atoms with Gasteiger partial charge in [0.2, 0.25) is 0 Å². The van der Waals surface area contributed by atoms with E-state index in [0.29, 0.717) is 0 Å². The molecule has 1 aliphatic heterocycles. The number of para-hydroxylation sites is 2. The van der Waals surface area contributed by atoms with Crippen molar-refractivity contribution in [3.8, 4) is 0 Å². The molecule has 4 heteroatoms. The summed E-state index contributed by atoms with van der Waals surface area (Å²) in [6.07, 6.45) is 0. The van der Waals surface area contributed by atoms with Gasteiger partial charge in [0.1, 0.15) is 7.91 Å².